The quantitative estimate of drug-likeness (QED) is 0.163. The number of benzene rings is 3. The molecule has 0 aliphatic rings. The van der Waals surface area contributed by atoms with Crippen LogP contribution in [0.5, 0.6) is 0 Å². The predicted molar refractivity (Wildman–Crippen MR) is 105 cm³/mol. The Labute approximate surface area is 170 Å². The number of rotatable bonds is 3. The fourth-order valence-electron chi connectivity index (χ4n) is 2.69. The lowest BCUT2D eigenvalue weighted by atomic mass is 10.0. The van der Waals surface area contributed by atoms with Crippen molar-refractivity contribution >= 4 is 11.8 Å². The van der Waals surface area contributed by atoms with Crippen LogP contribution >= 0.6 is 11.8 Å². The third-order valence-electron chi connectivity index (χ3n) is 4.26. The molecule has 0 aromatic heterocycles. The largest absolute Gasteiger partial charge is 0.203 e. The molecule has 0 heterocycles. The van der Waals surface area contributed by atoms with Crippen molar-refractivity contribution < 1.29 is 17.6 Å². The average Bonchev–Trinajstić information content (AvgIpc) is 2.75. The Kier molecular flexibility index (Phi) is 6.26. The van der Waals surface area contributed by atoms with Gasteiger partial charge in [0.25, 0.3) is 0 Å². The minimum absolute atomic E-state index is 0.0272. The molecular formula is C23H13F4NS. The van der Waals surface area contributed by atoms with Gasteiger partial charge < -0.3 is 0 Å². The van der Waals surface area contributed by atoms with Crippen LogP contribution in [0.1, 0.15) is 23.6 Å². The lowest BCUT2D eigenvalue weighted by molar-refractivity contribution is 0.430. The number of halogens is 4. The second-order valence-electron chi connectivity index (χ2n) is 6.03. The maximum absolute atomic E-state index is 14.3. The highest BCUT2D eigenvalue weighted by atomic mass is 32.2. The van der Waals surface area contributed by atoms with E-state index in [9.17, 15) is 17.6 Å². The summed E-state index contributed by atoms with van der Waals surface area (Å²) in [5.74, 6) is -0.363. The lowest BCUT2D eigenvalue weighted by Crippen LogP contribution is -2.02. The summed E-state index contributed by atoms with van der Waals surface area (Å²) < 4.78 is 56.7. The van der Waals surface area contributed by atoms with Crippen molar-refractivity contribution in [3.05, 3.63) is 88.5 Å². The first-order valence-electron chi connectivity index (χ1n) is 8.59. The Morgan fingerprint density at radius 1 is 0.759 bits per heavy atom. The van der Waals surface area contributed by atoms with Crippen molar-refractivity contribution in [2.75, 3.05) is 0 Å². The second kappa shape index (κ2) is 8.86. The van der Waals surface area contributed by atoms with Gasteiger partial charge in [-0.3, -0.25) is 0 Å². The van der Waals surface area contributed by atoms with E-state index in [0.717, 1.165) is 12.0 Å². The predicted octanol–water partition coefficient (Wildman–Crippen LogP) is 6.45. The van der Waals surface area contributed by atoms with E-state index < -0.39 is 33.7 Å². The van der Waals surface area contributed by atoms with Gasteiger partial charge in [0.1, 0.15) is 5.40 Å². The molecule has 0 bridgehead atoms. The van der Waals surface area contributed by atoms with E-state index in [-0.39, 0.29) is 17.3 Å². The van der Waals surface area contributed by atoms with Gasteiger partial charge >= 0.3 is 0 Å². The molecular weight excluding hydrogens is 398 g/mol. The molecule has 0 fully saturated rings. The Bertz CT molecular complexity index is 1120. The van der Waals surface area contributed by atoms with Crippen LogP contribution in [0.3, 0.4) is 0 Å². The molecule has 0 aliphatic carbocycles. The molecule has 0 saturated heterocycles. The molecule has 0 N–H and O–H groups in total. The van der Waals surface area contributed by atoms with Crippen LogP contribution in [-0.2, 0) is 6.42 Å². The molecule has 144 valence electrons. The summed E-state index contributed by atoms with van der Waals surface area (Å²) in [7, 11) is 0. The molecule has 0 spiro atoms. The lowest BCUT2D eigenvalue weighted by Gasteiger charge is -2.10. The van der Waals surface area contributed by atoms with Crippen LogP contribution < -0.4 is 0 Å². The summed E-state index contributed by atoms with van der Waals surface area (Å²) in [5, 5.41) is 9.96. The van der Waals surface area contributed by atoms with Gasteiger partial charge in [0.2, 0.25) is 0 Å². The molecule has 3 aromatic rings. The summed E-state index contributed by atoms with van der Waals surface area (Å²) in [6.45, 7) is 2.06. The van der Waals surface area contributed by atoms with Crippen LogP contribution in [0.15, 0.2) is 53.4 Å². The van der Waals surface area contributed by atoms with Gasteiger partial charge in [0.15, 0.2) is 23.3 Å². The first-order valence-corrected chi connectivity index (χ1v) is 9.41. The molecule has 6 heteroatoms. The molecule has 0 amide bonds. The highest BCUT2D eigenvalue weighted by molar-refractivity contribution is 8.03. The monoisotopic (exact) mass is 411 g/mol. The smallest absolute Gasteiger partial charge is 0.177 e. The van der Waals surface area contributed by atoms with E-state index >= 15 is 0 Å². The Morgan fingerprint density at radius 2 is 1.24 bits per heavy atom. The van der Waals surface area contributed by atoms with Gasteiger partial charge in [-0.1, -0.05) is 43.0 Å². The first kappa shape index (κ1) is 20.5. The summed E-state index contributed by atoms with van der Waals surface area (Å²) >= 11 is 0.0272. The molecule has 0 unspecified atom stereocenters. The molecule has 0 atom stereocenters. The summed E-state index contributed by atoms with van der Waals surface area (Å²) in [6, 6.07) is 13.5. The van der Waals surface area contributed by atoms with E-state index in [0.29, 0.717) is 5.56 Å². The molecule has 29 heavy (non-hydrogen) atoms. The van der Waals surface area contributed by atoms with Crippen molar-refractivity contribution in [2.45, 2.75) is 18.2 Å². The molecule has 1 nitrogen and oxygen atoms in total. The zero-order valence-electron chi connectivity index (χ0n) is 15.2. The van der Waals surface area contributed by atoms with Crippen LogP contribution in [0.2, 0.25) is 0 Å². The van der Waals surface area contributed by atoms with Crippen LogP contribution in [-0.4, -0.2) is 0 Å². The van der Waals surface area contributed by atoms with Crippen LogP contribution in [0, 0.1) is 45.8 Å². The van der Waals surface area contributed by atoms with E-state index in [4.69, 9.17) is 5.26 Å². The maximum Gasteiger partial charge on any atom is 0.177 e. The van der Waals surface area contributed by atoms with Crippen molar-refractivity contribution in [1.29, 1.82) is 5.26 Å². The van der Waals surface area contributed by atoms with Gasteiger partial charge in [0.05, 0.1) is 10.5 Å². The minimum atomic E-state index is -1.59. The number of nitrogens with zero attached hydrogens (tertiary/aromatic N) is 1. The van der Waals surface area contributed by atoms with Gasteiger partial charge in [0, 0.05) is 11.1 Å². The number of hydrogen-bond donors (Lipinski definition) is 0. The summed E-state index contributed by atoms with van der Waals surface area (Å²) in [5.41, 5.74) is 1.73. The van der Waals surface area contributed by atoms with Gasteiger partial charge in [-0.05, 0) is 53.6 Å². The number of hydrogen-bond acceptors (Lipinski definition) is 2. The normalized spacial score (nSPS) is 10.2. The van der Waals surface area contributed by atoms with Crippen molar-refractivity contribution in [1.82, 2.24) is 0 Å². The second-order valence-corrected chi connectivity index (χ2v) is 6.83. The fourth-order valence-corrected chi connectivity index (χ4v) is 3.14. The van der Waals surface area contributed by atoms with Crippen molar-refractivity contribution in [3.8, 4) is 28.4 Å². The number of nitriles is 1. The van der Waals surface area contributed by atoms with Crippen molar-refractivity contribution in [2.24, 2.45) is 0 Å². The third-order valence-corrected chi connectivity index (χ3v) is 4.91. The Hall–Kier alpha value is -3.22. The van der Waals surface area contributed by atoms with Gasteiger partial charge in [-0.2, -0.15) is 5.26 Å². The minimum Gasteiger partial charge on any atom is -0.203 e. The highest BCUT2D eigenvalue weighted by Gasteiger charge is 2.26. The number of aryl methyl sites for hydroxylation is 1. The fraction of sp³-hybridized carbons (Fsp3) is 0.0870. The van der Waals surface area contributed by atoms with Gasteiger partial charge in [-0.15, -0.1) is 0 Å². The zero-order chi connectivity index (χ0) is 21.0. The third kappa shape index (κ3) is 4.29. The van der Waals surface area contributed by atoms with E-state index in [1.807, 2.05) is 24.3 Å². The zero-order valence-corrected chi connectivity index (χ0v) is 16.0. The van der Waals surface area contributed by atoms with Crippen LogP contribution in [0.4, 0.5) is 17.6 Å². The van der Waals surface area contributed by atoms with Crippen LogP contribution in [0.25, 0.3) is 11.1 Å². The van der Waals surface area contributed by atoms with Gasteiger partial charge in [-0.25, -0.2) is 17.6 Å². The molecule has 3 aromatic carbocycles. The highest BCUT2D eigenvalue weighted by Crippen LogP contribution is 2.36. The molecule has 0 radical (unpaired) electrons. The topological polar surface area (TPSA) is 23.8 Å². The number of thioether (sulfide) groups is 1. The Morgan fingerprint density at radius 3 is 1.69 bits per heavy atom. The molecule has 0 aliphatic heterocycles. The SMILES string of the molecule is CCc1ccc(C#Cc2ccc(-c3c(F)c(F)c(SC#N)c(F)c3F)cc2)cc1. The van der Waals surface area contributed by atoms with E-state index in [1.165, 1.54) is 35.2 Å². The van der Waals surface area contributed by atoms with E-state index in [1.54, 1.807) is 0 Å². The standard InChI is InChI=1S/C23H13F4NS/c1-2-14-3-5-15(6-4-14)7-8-16-9-11-17(12-10-16)18-19(24)21(26)23(29-13-28)22(27)20(18)25/h3-6,9-12H,2H2,1H3. The number of thiocyanates is 1. The average molecular weight is 411 g/mol. The molecule has 0 saturated carbocycles. The Balaban J connectivity index is 1.93. The molecule has 3 rings (SSSR count). The maximum atomic E-state index is 14.3. The summed E-state index contributed by atoms with van der Waals surface area (Å²) in [4.78, 5) is -0.997. The van der Waals surface area contributed by atoms with Crippen molar-refractivity contribution in [3.63, 3.8) is 0 Å². The summed E-state index contributed by atoms with van der Waals surface area (Å²) in [6.07, 6.45) is 0.930. The first-order chi connectivity index (χ1) is 14.0. The van der Waals surface area contributed by atoms with E-state index in [2.05, 4.69) is 18.8 Å².